The minimum Gasteiger partial charge on any atom is -0.320 e. The molecule has 2 heterocycles. The zero-order valence-corrected chi connectivity index (χ0v) is 17.0. The summed E-state index contributed by atoms with van der Waals surface area (Å²) >= 11 is 5.94. The first-order valence-electron chi connectivity index (χ1n) is 9.33. The Balaban J connectivity index is 1.87. The van der Waals surface area contributed by atoms with Gasteiger partial charge < -0.3 is 4.57 Å². The maximum absolute atomic E-state index is 13.0. The van der Waals surface area contributed by atoms with E-state index in [2.05, 4.69) is 4.98 Å². The predicted octanol–water partition coefficient (Wildman–Crippen LogP) is 4.09. The van der Waals surface area contributed by atoms with Gasteiger partial charge in [-0.1, -0.05) is 23.7 Å². The van der Waals surface area contributed by atoms with Gasteiger partial charge >= 0.3 is 11.9 Å². The van der Waals surface area contributed by atoms with Crippen LogP contribution in [-0.2, 0) is 19.3 Å². The molecule has 10 heteroatoms. The van der Waals surface area contributed by atoms with Gasteiger partial charge in [-0.25, -0.2) is 14.3 Å². The van der Waals surface area contributed by atoms with Gasteiger partial charge in [0.1, 0.15) is 0 Å². The van der Waals surface area contributed by atoms with Crippen LogP contribution in [0.4, 0.5) is 13.2 Å². The molecule has 4 rings (SSSR count). The molecule has 31 heavy (non-hydrogen) atoms. The maximum atomic E-state index is 13.0. The van der Waals surface area contributed by atoms with E-state index in [4.69, 9.17) is 11.6 Å². The summed E-state index contributed by atoms with van der Waals surface area (Å²) in [6.07, 6.45) is -3.03. The summed E-state index contributed by atoms with van der Waals surface area (Å²) < 4.78 is 42.4. The Morgan fingerprint density at radius 3 is 2.23 bits per heavy atom. The SMILES string of the molecule is CCn1c(=O)c2c(ncn2Cc2ccc(C(F)(F)F)cc2)n(-c2ccc(Cl)cc2)c1=O. The van der Waals surface area contributed by atoms with E-state index in [1.165, 1.54) is 27.6 Å². The highest BCUT2D eigenvalue weighted by Gasteiger charge is 2.30. The van der Waals surface area contributed by atoms with E-state index in [-0.39, 0.29) is 24.3 Å². The molecule has 0 unspecified atom stereocenters. The first-order chi connectivity index (χ1) is 14.7. The van der Waals surface area contributed by atoms with Crippen LogP contribution < -0.4 is 11.2 Å². The number of rotatable bonds is 4. The molecule has 0 spiro atoms. The van der Waals surface area contributed by atoms with Crippen LogP contribution in [0.3, 0.4) is 0 Å². The van der Waals surface area contributed by atoms with E-state index in [9.17, 15) is 22.8 Å². The molecule has 2 aromatic heterocycles. The molecule has 0 atom stereocenters. The van der Waals surface area contributed by atoms with E-state index < -0.39 is 23.0 Å². The van der Waals surface area contributed by atoms with Crippen molar-refractivity contribution in [2.75, 3.05) is 0 Å². The molecule has 0 amide bonds. The highest BCUT2D eigenvalue weighted by molar-refractivity contribution is 6.30. The number of halogens is 4. The molecule has 4 aromatic rings. The number of benzene rings is 2. The fourth-order valence-electron chi connectivity index (χ4n) is 3.40. The Hall–Kier alpha value is -3.33. The first-order valence-corrected chi connectivity index (χ1v) is 9.71. The fraction of sp³-hybridized carbons (Fsp3) is 0.190. The second-order valence-corrected chi connectivity index (χ2v) is 7.32. The highest BCUT2D eigenvalue weighted by Crippen LogP contribution is 2.29. The second kappa shape index (κ2) is 7.73. The Labute approximate surface area is 178 Å². The van der Waals surface area contributed by atoms with E-state index in [0.717, 1.165) is 16.7 Å². The number of hydrogen-bond acceptors (Lipinski definition) is 3. The molecule has 0 radical (unpaired) electrons. The van der Waals surface area contributed by atoms with Gasteiger partial charge in [0, 0.05) is 18.1 Å². The van der Waals surface area contributed by atoms with Gasteiger partial charge in [-0.3, -0.25) is 9.36 Å². The van der Waals surface area contributed by atoms with Crippen molar-refractivity contribution in [3.63, 3.8) is 0 Å². The summed E-state index contributed by atoms with van der Waals surface area (Å²) in [7, 11) is 0. The van der Waals surface area contributed by atoms with E-state index in [0.29, 0.717) is 16.3 Å². The van der Waals surface area contributed by atoms with Crippen LogP contribution in [0.15, 0.2) is 64.4 Å². The second-order valence-electron chi connectivity index (χ2n) is 6.88. The lowest BCUT2D eigenvalue weighted by molar-refractivity contribution is -0.137. The van der Waals surface area contributed by atoms with Crippen LogP contribution in [0.2, 0.25) is 5.02 Å². The molecule has 0 aliphatic carbocycles. The summed E-state index contributed by atoms with van der Waals surface area (Å²) in [5, 5.41) is 0.490. The maximum Gasteiger partial charge on any atom is 0.416 e. The average molecular weight is 449 g/mol. The number of aromatic nitrogens is 4. The van der Waals surface area contributed by atoms with Crippen LogP contribution in [0.25, 0.3) is 16.9 Å². The summed E-state index contributed by atoms with van der Waals surface area (Å²) in [4.78, 5) is 30.2. The highest BCUT2D eigenvalue weighted by atomic mass is 35.5. The van der Waals surface area contributed by atoms with Gasteiger partial charge in [0.05, 0.1) is 17.6 Å². The third-order valence-corrected chi connectivity index (χ3v) is 5.19. The first kappa shape index (κ1) is 20.9. The van der Waals surface area contributed by atoms with Crippen molar-refractivity contribution in [3.05, 3.63) is 91.8 Å². The Morgan fingerprint density at radius 2 is 1.65 bits per heavy atom. The molecule has 0 bridgehead atoms. The minimum atomic E-state index is -4.43. The lowest BCUT2D eigenvalue weighted by atomic mass is 10.1. The molecule has 6 nitrogen and oxygen atoms in total. The van der Waals surface area contributed by atoms with E-state index in [1.54, 1.807) is 31.2 Å². The number of fused-ring (bicyclic) bond motifs is 1. The lowest BCUT2D eigenvalue weighted by Crippen LogP contribution is -2.39. The molecule has 0 fully saturated rings. The van der Waals surface area contributed by atoms with Crippen LogP contribution in [-0.4, -0.2) is 18.7 Å². The number of alkyl halides is 3. The molecule has 0 aliphatic heterocycles. The van der Waals surface area contributed by atoms with Crippen LogP contribution in [0.1, 0.15) is 18.1 Å². The normalized spacial score (nSPS) is 11.9. The smallest absolute Gasteiger partial charge is 0.320 e. The predicted molar refractivity (Wildman–Crippen MR) is 111 cm³/mol. The largest absolute Gasteiger partial charge is 0.416 e. The van der Waals surface area contributed by atoms with Crippen LogP contribution in [0, 0.1) is 0 Å². The molecule has 0 N–H and O–H groups in total. The van der Waals surface area contributed by atoms with Gasteiger partial charge in [-0.2, -0.15) is 13.2 Å². The van der Waals surface area contributed by atoms with Crippen LogP contribution in [0.5, 0.6) is 0 Å². The molecule has 2 aromatic carbocycles. The molecular weight excluding hydrogens is 433 g/mol. The molecule has 0 aliphatic rings. The van der Waals surface area contributed by atoms with E-state index in [1.807, 2.05) is 0 Å². The number of nitrogens with zero attached hydrogens (tertiary/aromatic N) is 4. The standard InChI is InChI=1S/C21H16ClF3N4O2/c1-2-28-19(30)17-18(29(20(28)31)16-9-7-15(22)8-10-16)26-12-27(17)11-13-3-5-14(6-4-13)21(23,24)25/h3-10,12H,2,11H2,1H3. The van der Waals surface area contributed by atoms with Crippen molar-refractivity contribution in [1.29, 1.82) is 0 Å². The van der Waals surface area contributed by atoms with Crippen molar-refractivity contribution in [1.82, 2.24) is 18.7 Å². The number of imidazole rings is 1. The van der Waals surface area contributed by atoms with Crippen molar-refractivity contribution in [2.24, 2.45) is 0 Å². The summed E-state index contributed by atoms with van der Waals surface area (Å²) in [5.41, 5.74) is -0.429. The van der Waals surface area contributed by atoms with Crippen molar-refractivity contribution < 1.29 is 13.2 Å². The van der Waals surface area contributed by atoms with Crippen molar-refractivity contribution >= 4 is 22.8 Å². The average Bonchev–Trinajstić information content (AvgIpc) is 3.13. The Kier molecular flexibility index (Phi) is 5.22. The monoisotopic (exact) mass is 448 g/mol. The topological polar surface area (TPSA) is 61.8 Å². The summed E-state index contributed by atoms with van der Waals surface area (Å²) in [6, 6.07) is 11.2. The Morgan fingerprint density at radius 1 is 1.00 bits per heavy atom. The van der Waals surface area contributed by atoms with Crippen LogP contribution >= 0.6 is 11.6 Å². The van der Waals surface area contributed by atoms with Gasteiger partial charge in [-0.05, 0) is 48.9 Å². The molecule has 0 saturated heterocycles. The molecule has 0 saturated carbocycles. The third-order valence-electron chi connectivity index (χ3n) is 4.94. The summed E-state index contributed by atoms with van der Waals surface area (Å²) in [5.74, 6) is 0. The minimum absolute atomic E-state index is 0.117. The van der Waals surface area contributed by atoms with Gasteiger partial charge in [0.15, 0.2) is 11.2 Å². The zero-order chi connectivity index (χ0) is 22.3. The van der Waals surface area contributed by atoms with E-state index >= 15 is 0 Å². The van der Waals surface area contributed by atoms with Gasteiger partial charge in [-0.15, -0.1) is 0 Å². The lowest BCUT2D eigenvalue weighted by Gasteiger charge is -2.12. The third kappa shape index (κ3) is 3.76. The quantitative estimate of drug-likeness (QED) is 0.472. The van der Waals surface area contributed by atoms with Gasteiger partial charge in [0.25, 0.3) is 5.56 Å². The van der Waals surface area contributed by atoms with Gasteiger partial charge in [0.2, 0.25) is 0 Å². The Bertz CT molecular complexity index is 1370. The number of hydrogen-bond donors (Lipinski definition) is 0. The fourth-order valence-corrected chi connectivity index (χ4v) is 3.52. The van der Waals surface area contributed by atoms with Crippen molar-refractivity contribution in [2.45, 2.75) is 26.2 Å². The summed E-state index contributed by atoms with van der Waals surface area (Å²) in [6.45, 7) is 1.94. The molecular formula is C21H16ClF3N4O2. The van der Waals surface area contributed by atoms with Crippen molar-refractivity contribution in [3.8, 4) is 5.69 Å². The zero-order valence-electron chi connectivity index (χ0n) is 16.2. The molecule has 160 valence electrons.